The zero-order valence-electron chi connectivity index (χ0n) is 21.2. The molecule has 3 atom stereocenters. The van der Waals surface area contributed by atoms with E-state index in [1.807, 2.05) is 49.0 Å². The van der Waals surface area contributed by atoms with Crippen molar-refractivity contribution < 1.29 is 9.59 Å². The van der Waals surface area contributed by atoms with Crippen LogP contribution < -0.4 is 5.32 Å². The third kappa shape index (κ3) is 4.67. The molecule has 11 heteroatoms. The quantitative estimate of drug-likeness (QED) is 0.571. The van der Waals surface area contributed by atoms with Gasteiger partial charge in [-0.2, -0.15) is 0 Å². The molecular formula is C24H33N9O2. The smallest absolute Gasteiger partial charge is 0.245 e. The van der Waals surface area contributed by atoms with Crippen molar-refractivity contribution in [3.8, 4) is 11.4 Å². The van der Waals surface area contributed by atoms with Crippen molar-refractivity contribution in [2.24, 2.45) is 0 Å². The number of imidazole rings is 1. The van der Waals surface area contributed by atoms with Gasteiger partial charge in [0, 0.05) is 51.0 Å². The van der Waals surface area contributed by atoms with E-state index in [2.05, 4.69) is 25.3 Å². The average Bonchev–Trinajstić information content (AvgIpc) is 3.21. The van der Waals surface area contributed by atoms with Crippen LogP contribution in [0.15, 0.2) is 18.7 Å². The number of rotatable bonds is 6. The van der Waals surface area contributed by atoms with Crippen molar-refractivity contribution >= 4 is 28.8 Å². The predicted octanol–water partition coefficient (Wildman–Crippen LogP) is 2.27. The number of aromatic nitrogens is 6. The average molecular weight is 480 g/mol. The Morgan fingerprint density at radius 3 is 2.31 bits per heavy atom. The van der Waals surface area contributed by atoms with Crippen molar-refractivity contribution in [1.29, 1.82) is 0 Å². The monoisotopic (exact) mass is 479 g/mol. The molecule has 0 aromatic carbocycles. The fourth-order valence-electron chi connectivity index (χ4n) is 4.92. The number of piperazine rings is 1. The van der Waals surface area contributed by atoms with Gasteiger partial charge in [-0.25, -0.2) is 24.9 Å². The van der Waals surface area contributed by atoms with E-state index in [0.717, 1.165) is 5.56 Å². The first-order valence-corrected chi connectivity index (χ1v) is 12.1. The zero-order chi connectivity index (χ0) is 25.3. The summed E-state index contributed by atoms with van der Waals surface area (Å²) in [6.45, 7) is 13.0. The van der Waals surface area contributed by atoms with E-state index in [4.69, 9.17) is 4.98 Å². The van der Waals surface area contributed by atoms with E-state index < -0.39 is 6.04 Å². The lowest BCUT2D eigenvalue weighted by atomic mass is 10.1. The van der Waals surface area contributed by atoms with E-state index in [-0.39, 0.29) is 23.9 Å². The summed E-state index contributed by atoms with van der Waals surface area (Å²) in [5, 5.41) is 3.33. The van der Waals surface area contributed by atoms with Crippen LogP contribution in [0.1, 0.15) is 46.9 Å². The van der Waals surface area contributed by atoms with Gasteiger partial charge in [0.1, 0.15) is 24.0 Å². The fraction of sp³-hybridized carbons (Fsp3) is 0.542. The molecule has 0 bridgehead atoms. The van der Waals surface area contributed by atoms with Crippen molar-refractivity contribution in [3.05, 3.63) is 24.5 Å². The molecule has 4 rings (SSSR count). The Hall–Kier alpha value is -3.63. The van der Waals surface area contributed by atoms with Gasteiger partial charge >= 0.3 is 0 Å². The summed E-state index contributed by atoms with van der Waals surface area (Å²) in [6, 6.07) is -0.555. The van der Waals surface area contributed by atoms with Crippen LogP contribution in [0, 0.1) is 6.92 Å². The largest absolute Gasteiger partial charge is 0.356 e. The highest BCUT2D eigenvalue weighted by atomic mass is 16.2. The van der Waals surface area contributed by atoms with Crippen LogP contribution in [0.5, 0.6) is 0 Å². The number of carbonyl (C=O) groups excluding carboxylic acids is 2. The lowest BCUT2D eigenvalue weighted by molar-refractivity contribution is -0.145. The van der Waals surface area contributed by atoms with Gasteiger partial charge in [-0.3, -0.25) is 9.59 Å². The van der Waals surface area contributed by atoms with Crippen LogP contribution in [-0.4, -0.2) is 82.3 Å². The van der Waals surface area contributed by atoms with E-state index in [9.17, 15) is 9.59 Å². The van der Waals surface area contributed by atoms with Crippen LogP contribution in [0.2, 0.25) is 0 Å². The Balaban J connectivity index is 1.62. The SMILES string of the molecule is CC[C@@H](Nc1ncnc2c1nc(-c1cnc(C)nc1)n2CC)C(=O)N1CC(C)N(C(C)=O)C(C)C1. The minimum Gasteiger partial charge on any atom is -0.356 e. The van der Waals surface area contributed by atoms with E-state index in [1.165, 1.54) is 6.33 Å². The molecule has 1 aliphatic rings. The molecule has 35 heavy (non-hydrogen) atoms. The number of carbonyl (C=O) groups is 2. The fourth-order valence-corrected chi connectivity index (χ4v) is 4.92. The van der Waals surface area contributed by atoms with Gasteiger partial charge in [-0.15, -0.1) is 0 Å². The van der Waals surface area contributed by atoms with E-state index in [0.29, 0.717) is 54.7 Å². The maximum atomic E-state index is 13.5. The number of hydrogen-bond donors (Lipinski definition) is 1. The summed E-state index contributed by atoms with van der Waals surface area (Å²) < 4.78 is 1.99. The minimum atomic E-state index is -0.477. The van der Waals surface area contributed by atoms with Crippen LogP contribution in [0.4, 0.5) is 5.82 Å². The lowest BCUT2D eigenvalue weighted by Gasteiger charge is -2.44. The normalized spacial score (nSPS) is 19.1. The molecule has 1 N–H and O–H groups in total. The second kappa shape index (κ2) is 9.93. The van der Waals surface area contributed by atoms with Crippen LogP contribution >= 0.6 is 0 Å². The van der Waals surface area contributed by atoms with Gasteiger partial charge in [-0.05, 0) is 34.1 Å². The van der Waals surface area contributed by atoms with Gasteiger partial charge in [0.05, 0.1) is 5.56 Å². The summed E-state index contributed by atoms with van der Waals surface area (Å²) in [5.41, 5.74) is 2.07. The lowest BCUT2D eigenvalue weighted by Crippen LogP contribution is -2.61. The number of amides is 2. The van der Waals surface area contributed by atoms with Crippen LogP contribution in [0.3, 0.4) is 0 Å². The molecule has 0 aliphatic carbocycles. The van der Waals surface area contributed by atoms with Crippen LogP contribution in [-0.2, 0) is 16.1 Å². The van der Waals surface area contributed by atoms with Crippen molar-refractivity contribution in [1.82, 2.24) is 39.3 Å². The summed E-state index contributed by atoms with van der Waals surface area (Å²) in [7, 11) is 0. The van der Waals surface area contributed by atoms with Crippen molar-refractivity contribution in [3.63, 3.8) is 0 Å². The van der Waals surface area contributed by atoms with Crippen LogP contribution in [0.25, 0.3) is 22.6 Å². The first-order chi connectivity index (χ1) is 16.7. The summed E-state index contributed by atoms with van der Waals surface area (Å²) >= 11 is 0. The number of aryl methyl sites for hydroxylation is 2. The molecule has 0 radical (unpaired) electrons. The number of anilines is 1. The first kappa shape index (κ1) is 24.5. The van der Waals surface area contributed by atoms with Gasteiger partial charge in [0.15, 0.2) is 17.0 Å². The zero-order valence-corrected chi connectivity index (χ0v) is 21.2. The minimum absolute atomic E-state index is 0.0109. The molecule has 1 fully saturated rings. The van der Waals surface area contributed by atoms with Gasteiger partial charge < -0.3 is 19.7 Å². The number of nitrogens with one attached hydrogen (secondary N) is 1. The number of fused-ring (bicyclic) bond motifs is 1. The highest BCUT2D eigenvalue weighted by Crippen LogP contribution is 2.27. The number of hydrogen-bond acceptors (Lipinski definition) is 8. The highest BCUT2D eigenvalue weighted by molar-refractivity contribution is 5.90. The van der Waals surface area contributed by atoms with E-state index in [1.54, 1.807) is 19.3 Å². The van der Waals surface area contributed by atoms with Gasteiger partial charge in [0.2, 0.25) is 11.8 Å². The summed E-state index contributed by atoms with van der Waals surface area (Å²) in [6.07, 6.45) is 5.56. The van der Waals surface area contributed by atoms with E-state index >= 15 is 0 Å². The highest BCUT2D eigenvalue weighted by Gasteiger charge is 2.35. The number of nitrogens with zero attached hydrogens (tertiary/aromatic N) is 8. The molecular weight excluding hydrogens is 446 g/mol. The van der Waals surface area contributed by atoms with Gasteiger partial charge in [-0.1, -0.05) is 6.92 Å². The first-order valence-electron chi connectivity index (χ1n) is 12.1. The predicted molar refractivity (Wildman–Crippen MR) is 132 cm³/mol. The summed E-state index contributed by atoms with van der Waals surface area (Å²) in [5.74, 6) is 1.93. The third-order valence-corrected chi connectivity index (χ3v) is 6.50. The third-order valence-electron chi connectivity index (χ3n) is 6.50. The topological polar surface area (TPSA) is 122 Å². The Morgan fingerprint density at radius 2 is 1.74 bits per heavy atom. The van der Waals surface area contributed by atoms with Crippen molar-refractivity contribution in [2.75, 3.05) is 18.4 Å². The molecule has 1 saturated heterocycles. The molecule has 3 aromatic heterocycles. The summed E-state index contributed by atoms with van der Waals surface area (Å²) in [4.78, 5) is 51.5. The second-order valence-corrected chi connectivity index (χ2v) is 9.07. The second-order valence-electron chi connectivity index (χ2n) is 9.07. The standard InChI is InChI=1S/C24H33N9O2/c1-7-19(24(35)31-11-14(3)33(17(6)34)15(4)12-31)29-21-20-23(28-13-27-21)32(8-2)22(30-20)18-9-25-16(5)26-10-18/h9-10,13-15,19H,7-8,11-12H2,1-6H3,(H,27,28,29)/t14?,15?,19-/m1/s1. The van der Waals surface area contributed by atoms with Gasteiger partial charge in [0.25, 0.3) is 0 Å². The van der Waals surface area contributed by atoms with Crippen molar-refractivity contribution in [2.45, 2.75) is 72.6 Å². The molecule has 0 spiro atoms. The Bertz CT molecular complexity index is 1210. The maximum Gasteiger partial charge on any atom is 0.245 e. The molecule has 2 amide bonds. The molecule has 11 nitrogen and oxygen atoms in total. The Kier molecular flexibility index (Phi) is 6.95. The molecule has 186 valence electrons. The maximum absolute atomic E-state index is 13.5. The molecule has 1 aliphatic heterocycles. The molecule has 3 aromatic rings. The Labute approximate surface area is 205 Å². The molecule has 4 heterocycles. The Morgan fingerprint density at radius 1 is 1.09 bits per heavy atom. The molecule has 0 saturated carbocycles. The molecule has 2 unspecified atom stereocenters.